The van der Waals surface area contributed by atoms with Gasteiger partial charge in [-0.25, -0.2) is 8.78 Å². The number of Topliss-reactive ketones (excluding diaryl/α,β-unsaturated/α-hetero) is 1. The lowest BCUT2D eigenvalue weighted by Gasteiger charge is -2.37. The first-order chi connectivity index (χ1) is 19.8. The Hall–Kier alpha value is -4.14. The van der Waals surface area contributed by atoms with Crippen molar-refractivity contribution in [1.29, 1.82) is 0 Å². The number of fused-ring (bicyclic) bond motifs is 1. The molecule has 3 atom stereocenters. The van der Waals surface area contributed by atoms with Crippen molar-refractivity contribution in [2.75, 3.05) is 20.8 Å². The van der Waals surface area contributed by atoms with E-state index in [1.165, 1.54) is 30.3 Å². The topological polar surface area (TPSA) is 71.1 Å². The maximum absolute atomic E-state index is 13.7. The third kappa shape index (κ3) is 4.67. The standard InChI is InChI=1S/C33H28F2O6/c1-17-14-23-24(15-25(36)31(37)30(23)33(41-17)19-6-10-21(35)11-7-19)28-22-12-13-40-32(18-4-8-20(34)9-5-18)29(22)27(39-3)16-26(28)38-2/h4-11,15-17,32-33H,12-14H2,1-3H3/t17?,32-,33?/m1/s1. The van der Waals surface area contributed by atoms with Gasteiger partial charge in [0.2, 0.25) is 11.6 Å². The SMILES string of the molecule is COc1cc(OC)c2c(c1C1=CC(=O)C(=O)C3=C1CC(C)OC3c1ccc(F)cc1)CCO[C@@H]2c1ccc(F)cc1. The summed E-state index contributed by atoms with van der Waals surface area (Å²) in [6.07, 6.45) is 0.599. The smallest absolute Gasteiger partial charge is 0.232 e. The van der Waals surface area contributed by atoms with Crippen LogP contribution in [0.2, 0.25) is 0 Å². The number of allylic oxidation sites excluding steroid dienone is 2. The number of ketones is 2. The van der Waals surface area contributed by atoms with Gasteiger partial charge < -0.3 is 18.9 Å². The van der Waals surface area contributed by atoms with Crippen LogP contribution < -0.4 is 9.47 Å². The Balaban J connectivity index is 1.58. The lowest BCUT2D eigenvalue weighted by Crippen LogP contribution is -2.33. The second-order valence-electron chi connectivity index (χ2n) is 10.3. The Morgan fingerprint density at radius 3 is 2.07 bits per heavy atom. The summed E-state index contributed by atoms with van der Waals surface area (Å²) in [5.74, 6) is -1.06. The van der Waals surface area contributed by atoms with E-state index in [4.69, 9.17) is 18.9 Å². The van der Waals surface area contributed by atoms with Gasteiger partial charge in [-0.2, -0.15) is 0 Å². The van der Waals surface area contributed by atoms with Crippen LogP contribution in [0.15, 0.2) is 71.8 Å². The van der Waals surface area contributed by atoms with E-state index in [2.05, 4.69) is 0 Å². The van der Waals surface area contributed by atoms with Crippen LogP contribution in [0.3, 0.4) is 0 Å². The number of ether oxygens (including phenoxy) is 4. The number of carbonyl (C=O) groups excluding carboxylic acids is 2. The van der Waals surface area contributed by atoms with Crippen LogP contribution in [0.4, 0.5) is 8.78 Å². The van der Waals surface area contributed by atoms with Gasteiger partial charge in [0.15, 0.2) is 0 Å². The first-order valence-electron chi connectivity index (χ1n) is 13.4. The highest BCUT2D eigenvalue weighted by Gasteiger charge is 2.42. The van der Waals surface area contributed by atoms with E-state index in [0.717, 1.165) is 16.7 Å². The maximum Gasteiger partial charge on any atom is 0.232 e. The van der Waals surface area contributed by atoms with Gasteiger partial charge in [0.25, 0.3) is 0 Å². The molecule has 2 unspecified atom stereocenters. The van der Waals surface area contributed by atoms with Gasteiger partial charge in [0.1, 0.15) is 35.3 Å². The number of hydrogen-bond donors (Lipinski definition) is 0. The van der Waals surface area contributed by atoms with E-state index in [9.17, 15) is 18.4 Å². The molecule has 6 nitrogen and oxygen atoms in total. The number of benzene rings is 3. The summed E-state index contributed by atoms with van der Waals surface area (Å²) < 4.78 is 51.5. The Morgan fingerprint density at radius 2 is 1.46 bits per heavy atom. The van der Waals surface area contributed by atoms with E-state index in [1.807, 2.05) is 6.92 Å². The maximum atomic E-state index is 13.7. The lowest BCUT2D eigenvalue weighted by molar-refractivity contribution is -0.133. The largest absolute Gasteiger partial charge is 0.496 e. The fourth-order valence-corrected chi connectivity index (χ4v) is 6.07. The second-order valence-corrected chi connectivity index (χ2v) is 10.3. The molecule has 0 amide bonds. The number of halogens is 2. The average Bonchev–Trinajstić information content (AvgIpc) is 2.98. The van der Waals surface area contributed by atoms with Crippen molar-refractivity contribution in [3.63, 3.8) is 0 Å². The van der Waals surface area contributed by atoms with Gasteiger partial charge in [-0.1, -0.05) is 24.3 Å². The third-order valence-corrected chi connectivity index (χ3v) is 7.87. The number of methoxy groups -OCH3 is 2. The zero-order chi connectivity index (χ0) is 28.8. The molecule has 1 aliphatic carbocycles. The molecule has 0 bridgehead atoms. The molecule has 210 valence electrons. The van der Waals surface area contributed by atoms with Crippen LogP contribution >= 0.6 is 0 Å². The van der Waals surface area contributed by atoms with Crippen molar-refractivity contribution in [2.45, 2.75) is 38.1 Å². The van der Waals surface area contributed by atoms with Gasteiger partial charge in [-0.3, -0.25) is 9.59 Å². The summed E-state index contributed by atoms with van der Waals surface area (Å²) in [7, 11) is 3.10. The van der Waals surface area contributed by atoms with Crippen molar-refractivity contribution in [1.82, 2.24) is 0 Å². The van der Waals surface area contributed by atoms with Crippen LogP contribution in [-0.2, 0) is 25.5 Å². The molecule has 8 heteroatoms. The number of carbonyl (C=O) groups is 2. The summed E-state index contributed by atoms with van der Waals surface area (Å²) in [5, 5.41) is 0. The molecular formula is C33H28F2O6. The summed E-state index contributed by atoms with van der Waals surface area (Å²) in [5.41, 5.74) is 5.16. The fraction of sp³-hybridized carbons (Fsp3) is 0.273. The molecule has 2 aliphatic heterocycles. The van der Waals surface area contributed by atoms with Gasteiger partial charge in [0.05, 0.1) is 26.9 Å². The zero-order valence-electron chi connectivity index (χ0n) is 22.8. The Kier molecular flexibility index (Phi) is 7.05. The normalized spacial score (nSPS) is 22.2. The first kappa shape index (κ1) is 27.1. The van der Waals surface area contributed by atoms with Crippen molar-refractivity contribution in [3.05, 3.63) is 111 Å². The Morgan fingerprint density at radius 1 is 0.854 bits per heavy atom. The molecule has 0 aromatic heterocycles. The van der Waals surface area contributed by atoms with Gasteiger partial charge in [-0.15, -0.1) is 0 Å². The first-order valence-corrected chi connectivity index (χ1v) is 13.4. The van der Waals surface area contributed by atoms with Crippen molar-refractivity contribution in [2.24, 2.45) is 0 Å². The Bertz CT molecular complexity index is 1600. The van der Waals surface area contributed by atoms with Crippen LogP contribution in [0, 0.1) is 11.6 Å². The molecule has 41 heavy (non-hydrogen) atoms. The summed E-state index contributed by atoms with van der Waals surface area (Å²) in [6.45, 7) is 2.26. The molecule has 0 N–H and O–H groups in total. The minimum Gasteiger partial charge on any atom is -0.496 e. The highest BCUT2D eigenvalue weighted by molar-refractivity contribution is 6.50. The molecular weight excluding hydrogens is 530 g/mol. The van der Waals surface area contributed by atoms with Crippen LogP contribution in [0.5, 0.6) is 11.5 Å². The van der Waals surface area contributed by atoms with Gasteiger partial charge in [-0.05, 0) is 77.9 Å². The van der Waals surface area contributed by atoms with Crippen LogP contribution in [0.1, 0.15) is 53.4 Å². The number of hydrogen-bond acceptors (Lipinski definition) is 6. The Labute approximate surface area is 236 Å². The summed E-state index contributed by atoms with van der Waals surface area (Å²) in [6, 6.07) is 13.6. The molecule has 3 aromatic rings. The summed E-state index contributed by atoms with van der Waals surface area (Å²) >= 11 is 0. The minimum absolute atomic E-state index is 0.256. The quantitative estimate of drug-likeness (QED) is 0.282. The molecule has 0 spiro atoms. The molecule has 0 saturated heterocycles. The van der Waals surface area contributed by atoms with Crippen molar-refractivity contribution >= 4 is 17.1 Å². The number of rotatable bonds is 5. The van der Waals surface area contributed by atoms with Gasteiger partial charge in [0, 0.05) is 22.8 Å². The van der Waals surface area contributed by atoms with Crippen LogP contribution in [-0.4, -0.2) is 38.5 Å². The lowest BCUT2D eigenvalue weighted by atomic mass is 9.75. The molecule has 6 rings (SSSR count). The third-order valence-electron chi connectivity index (χ3n) is 7.87. The van der Waals surface area contributed by atoms with Crippen molar-refractivity contribution in [3.8, 4) is 11.5 Å². The minimum atomic E-state index is -0.829. The molecule has 3 aromatic carbocycles. The van der Waals surface area contributed by atoms with E-state index < -0.39 is 29.6 Å². The van der Waals surface area contributed by atoms with Crippen molar-refractivity contribution < 1.29 is 37.3 Å². The molecule has 0 fully saturated rings. The predicted molar refractivity (Wildman–Crippen MR) is 147 cm³/mol. The highest BCUT2D eigenvalue weighted by Crippen LogP contribution is 2.51. The van der Waals surface area contributed by atoms with E-state index in [-0.39, 0.29) is 17.5 Å². The monoisotopic (exact) mass is 558 g/mol. The van der Waals surface area contributed by atoms with Crippen LogP contribution in [0.25, 0.3) is 5.57 Å². The van der Waals surface area contributed by atoms with E-state index in [1.54, 1.807) is 44.6 Å². The van der Waals surface area contributed by atoms with Gasteiger partial charge >= 0.3 is 0 Å². The average molecular weight is 559 g/mol. The fourth-order valence-electron chi connectivity index (χ4n) is 6.07. The predicted octanol–water partition coefficient (Wildman–Crippen LogP) is 6.03. The molecule has 0 saturated carbocycles. The highest BCUT2D eigenvalue weighted by atomic mass is 19.1. The molecule has 3 aliphatic rings. The zero-order valence-corrected chi connectivity index (χ0v) is 22.8. The molecule has 2 heterocycles. The summed E-state index contributed by atoms with van der Waals surface area (Å²) in [4.78, 5) is 26.6. The van der Waals surface area contributed by atoms with E-state index >= 15 is 0 Å². The van der Waals surface area contributed by atoms with E-state index in [0.29, 0.717) is 53.2 Å². The molecule has 0 radical (unpaired) electrons. The second kappa shape index (κ2) is 10.7.